The summed E-state index contributed by atoms with van der Waals surface area (Å²) in [6.07, 6.45) is 11.2. The molecule has 24 heavy (non-hydrogen) atoms. The lowest BCUT2D eigenvalue weighted by Gasteiger charge is -2.26. The second-order valence-electron chi connectivity index (χ2n) is 7.33. The fourth-order valence-electron chi connectivity index (χ4n) is 4.51. The minimum absolute atomic E-state index is 0.243. The van der Waals surface area contributed by atoms with Gasteiger partial charge >= 0.3 is 0 Å². The number of hydrogen-bond donors (Lipinski definition) is 0. The number of carbonyl (C=O) groups is 1. The van der Waals surface area contributed by atoms with Crippen LogP contribution in [0.3, 0.4) is 0 Å². The van der Waals surface area contributed by atoms with Crippen LogP contribution in [-0.2, 0) is 17.9 Å². The first-order valence-corrected chi connectivity index (χ1v) is 8.97. The van der Waals surface area contributed by atoms with E-state index in [1.165, 1.54) is 25.7 Å². The van der Waals surface area contributed by atoms with Crippen molar-refractivity contribution in [2.45, 2.75) is 45.2 Å². The average molecular weight is 324 g/mol. The normalized spacial score (nSPS) is 25.1. The lowest BCUT2D eigenvalue weighted by molar-refractivity contribution is -0.134. The van der Waals surface area contributed by atoms with Gasteiger partial charge in [0.1, 0.15) is 5.76 Å². The Labute approximate surface area is 142 Å². The molecule has 0 radical (unpaired) electrons. The molecule has 4 nitrogen and oxygen atoms in total. The van der Waals surface area contributed by atoms with Crippen LogP contribution in [0.15, 0.2) is 47.3 Å². The van der Waals surface area contributed by atoms with Gasteiger partial charge in [-0.05, 0) is 60.8 Å². The van der Waals surface area contributed by atoms with E-state index in [4.69, 9.17) is 4.42 Å². The Bertz CT molecular complexity index is 668. The van der Waals surface area contributed by atoms with E-state index in [2.05, 4.69) is 4.98 Å². The fraction of sp³-hybridized carbons (Fsp3) is 0.500. The topological polar surface area (TPSA) is 46.3 Å². The number of pyridine rings is 1. The Balaban J connectivity index is 1.45. The van der Waals surface area contributed by atoms with Gasteiger partial charge in [-0.2, -0.15) is 0 Å². The van der Waals surface area contributed by atoms with Gasteiger partial charge in [0, 0.05) is 25.4 Å². The Morgan fingerprint density at radius 2 is 2.17 bits per heavy atom. The van der Waals surface area contributed by atoms with Crippen LogP contribution in [0, 0.1) is 17.8 Å². The summed E-state index contributed by atoms with van der Waals surface area (Å²) in [5.41, 5.74) is 1.06. The monoisotopic (exact) mass is 324 g/mol. The third kappa shape index (κ3) is 3.37. The smallest absolute Gasteiger partial charge is 0.223 e. The molecular formula is C20H24N2O2. The van der Waals surface area contributed by atoms with E-state index in [9.17, 15) is 4.79 Å². The highest BCUT2D eigenvalue weighted by Crippen LogP contribution is 2.49. The van der Waals surface area contributed by atoms with Crippen molar-refractivity contribution >= 4 is 5.91 Å². The molecule has 2 heterocycles. The predicted octanol–water partition coefficient (Wildman–Crippen LogP) is 4.03. The van der Waals surface area contributed by atoms with Crippen LogP contribution in [0.4, 0.5) is 0 Å². The molecule has 4 rings (SSSR count). The van der Waals surface area contributed by atoms with E-state index in [1.54, 1.807) is 12.5 Å². The summed E-state index contributed by atoms with van der Waals surface area (Å²) in [5.74, 6) is 3.32. The van der Waals surface area contributed by atoms with Crippen molar-refractivity contribution in [3.05, 3.63) is 54.2 Å². The summed E-state index contributed by atoms with van der Waals surface area (Å²) in [7, 11) is 0. The van der Waals surface area contributed by atoms with Crippen molar-refractivity contribution in [2.75, 3.05) is 0 Å². The maximum Gasteiger partial charge on any atom is 0.223 e. The number of rotatable bonds is 6. The van der Waals surface area contributed by atoms with Crippen molar-refractivity contribution in [3.8, 4) is 0 Å². The number of fused-ring (bicyclic) bond motifs is 2. The largest absolute Gasteiger partial charge is 0.467 e. The van der Waals surface area contributed by atoms with Crippen molar-refractivity contribution in [3.63, 3.8) is 0 Å². The van der Waals surface area contributed by atoms with Gasteiger partial charge in [0.25, 0.3) is 0 Å². The van der Waals surface area contributed by atoms with Gasteiger partial charge in [-0.15, -0.1) is 0 Å². The van der Waals surface area contributed by atoms with E-state index in [0.717, 1.165) is 23.2 Å². The molecule has 126 valence electrons. The minimum Gasteiger partial charge on any atom is -0.467 e. The Hall–Kier alpha value is -2.10. The lowest BCUT2D eigenvalue weighted by atomic mass is 9.86. The van der Waals surface area contributed by atoms with Crippen LogP contribution in [0.2, 0.25) is 0 Å². The summed E-state index contributed by atoms with van der Waals surface area (Å²) in [4.78, 5) is 19.1. The van der Waals surface area contributed by atoms with Gasteiger partial charge < -0.3 is 9.32 Å². The molecule has 0 aliphatic heterocycles. The number of hydrogen-bond acceptors (Lipinski definition) is 3. The highest BCUT2D eigenvalue weighted by molar-refractivity contribution is 5.76. The molecule has 2 aliphatic rings. The molecule has 0 N–H and O–H groups in total. The van der Waals surface area contributed by atoms with Crippen LogP contribution in [-0.4, -0.2) is 15.8 Å². The first kappa shape index (κ1) is 15.4. The number of furan rings is 1. The van der Waals surface area contributed by atoms with Crippen LogP contribution in [0.1, 0.15) is 43.4 Å². The van der Waals surface area contributed by atoms with Gasteiger partial charge in [0.05, 0.1) is 12.8 Å². The van der Waals surface area contributed by atoms with Crippen molar-refractivity contribution in [2.24, 2.45) is 17.8 Å². The molecule has 2 saturated carbocycles. The van der Waals surface area contributed by atoms with Gasteiger partial charge in [-0.1, -0.05) is 12.5 Å². The minimum atomic E-state index is 0.243. The molecule has 2 aromatic heterocycles. The van der Waals surface area contributed by atoms with Crippen molar-refractivity contribution in [1.82, 2.24) is 9.88 Å². The van der Waals surface area contributed by atoms with Gasteiger partial charge in [0.2, 0.25) is 5.91 Å². The van der Waals surface area contributed by atoms with Crippen LogP contribution < -0.4 is 0 Å². The van der Waals surface area contributed by atoms with E-state index < -0.39 is 0 Å². The second-order valence-corrected chi connectivity index (χ2v) is 7.33. The van der Waals surface area contributed by atoms with Crippen LogP contribution in [0.25, 0.3) is 0 Å². The molecular weight excluding hydrogens is 300 g/mol. The fourth-order valence-corrected chi connectivity index (χ4v) is 4.51. The highest BCUT2D eigenvalue weighted by atomic mass is 16.3. The third-order valence-electron chi connectivity index (χ3n) is 5.70. The maximum absolute atomic E-state index is 13.0. The molecule has 2 bridgehead atoms. The molecule has 0 saturated heterocycles. The Morgan fingerprint density at radius 3 is 2.83 bits per heavy atom. The number of nitrogens with zero attached hydrogens (tertiary/aromatic N) is 2. The SMILES string of the molecule is O=C(CC1CC2CCC1C2)N(Cc1cccnc1)Cc1ccco1. The summed E-state index contributed by atoms with van der Waals surface area (Å²) in [5, 5.41) is 0. The maximum atomic E-state index is 13.0. The summed E-state index contributed by atoms with van der Waals surface area (Å²) >= 11 is 0. The number of aromatic nitrogens is 1. The molecule has 2 aromatic rings. The zero-order chi connectivity index (χ0) is 16.4. The zero-order valence-electron chi connectivity index (χ0n) is 13.9. The van der Waals surface area contributed by atoms with E-state index in [1.807, 2.05) is 35.4 Å². The van der Waals surface area contributed by atoms with E-state index in [0.29, 0.717) is 25.4 Å². The molecule has 3 unspecified atom stereocenters. The first-order chi connectivity index (χ1) is 11.8. The summed E-state index contributed by atoms with van der Waals surface area (Å²) in [6, 6.07) is 7.74. The zero-order valence-corrected chi connectivity index (χ0v) is 13.9. The number of amides is 1. The van der Waals surface area contributed by atoms with Gasteiger partial charge in [-0.3, -0.25) is 9.78 Å². The molecule has 2 aliphatic carbocycles. The highest BCUT2D eigenvalue weighted by Gasteiger charge is 2.40. The van der Waals surface area contributed by atoms with Gasteiger partial charge in [-0.25, -0.2) is 0 Å². The number of carbonyl (C=O) groups excluding carboxylic acids is 1. The third-order valence-corrected chi connectivity index (χ3v) is 5.70. The second kappa shape index (κ2) is 6.80. The average Bonchev–Trinajstić information content (AvgIpc) is 3.33. The quantitative estimate of drug-likeness (QED) is 0.806. The van der Waals surface area contributed by atoms with Crippen molar-refractivity contribution < 1.29 is 9.21 Å². The van der Waals surface area contributed by atoms with E-state index in [-0.39, 0.29) is 5.91 Å². The Kier molecular flexibility index (Phi) is 4.37. The van der Waals surface area contributed by atoms with E-state index >= 15 is 0 Å². The van der Waals surface area contributed by atoms with Crippen LogP contribution in [0.5, 0.6) is 0 Å². The molecule has 1 amide bonds. The van der Waals surface area contributed by atoms with Crippen molar-refractivity contribution in [1.29, 1.82) is 0 Å². The molecule has 4 heteroatoms. The lowest BCUT2D eigenvalue weighted by Crippen LogP contribution is -2.32. The predicted molar refractivity (Wildman–Crippen MR) is 90.8 cm³/mol. The van der Waals surface area contributed by atoms with Gasteiger partial charge in [0.15, 0.2) is 0 Å². The summed E-state index contributed by atoms with van der Waals surface area (Å²) < 4.78 is 5.46. The molecule has 0 aromatic carbocycles. The summed E-state index contributed by atoms with van der Waals surface area (Å²) in [6.45, 7) is 1.12. The Morgan fingerprint density at radius 1 is 1.21 bits per heavy atom. The molecule has 3 atom stereocenters. The van der Waals surface area contributed by atoms with Crippen LogP contribution >= 0.6 is 0 Å². The standard InChI is InChI=1S/C20H24N2O2/c23-20(11-18-10-15-5-6-17(18)9-15)22(14-19-4-2-8-24-19)13-16-3-1-7-21-12-16/h1-4,7-8,12,15,17-18H,5-6,9-11,13-14H2. The molecule has 2 fully saturated rings. The first-order valence-electron chi connectivity index (χ1n) is 8.97. The molecule has 0 spiro atoms.